The number of amides is 1. The Labute approximate surface area is 115 Å². The number of thioether (sulfide) groups is 1. The summed E-state index contributed by atoms with van der Waals surface area (Å²) in [6, 6.07) is 10.6. The molecule has 1 aromatic carbocycles. The molecule has 1 aliphatic heterocycles. The maximum absolute atomic E-state index is 12.1. The molecule has 19 heavy (non-hydrogen) atoms. The standard InChI is InChI=1S/C14H12N2O2S/c17-12-5-1-4-11(7-12)16-13(18)9-19-14(16)10-3-2-6-15-8-10/h1-8,14,17H,9H2. The average Bonchev–Trinajstić information content (AvgIpc) is 2.82. The predicted octanol–water partition coefficient (Wildman–Crippen LogP) is 2.57. The molecule has 1 atom stereocenters. The molecule has 3 rings (SSSR count). The van der Waals surface area contributed by atoms with E-state index in [1.54, 1.807) is 47.3 Å². The zero-order valence-corrected chi connectivity index (χ0v) is 10.9. The van der Waals surface area contributed by atoms with E-state index in [1.165, 1.54) is 0 Å². The molecule has 1 aliphatic rings. The van der Waals surface area contributed by atoms with Gasteiger partial charge < -0.3 is 5.11 Å². The van der Waals surface area contributed by atoms with Crippen molar-refractivity contribution >= 4 is 23.4 Å². The fraction of sp³-hybridized carbons (Fsp3) is 0.143. The highest BCUT2D eigenvalue weighted by atomic mass is 32.2. The van der Waals surface area contributed by atoms with Gasteiger partial charge in [-0.1, -0.05) is 12.1 Å². The van der Waals surface area contributed by atoms with Gasteiger partial charge in [-0.2, -0.15) is 0 Å². The number of hydrogen-bond donors (Lipinski definition) is 1. The molecule has 0 radical (unpaired) electrons. The number of phenolic OH excluding ortho intramolecular Hbond substituents is 1. The van der Waals surface area contributed by atoms with E-state index in [1.807, 2.05) is 18.2 Å². The third-order valence-corrected chi connectivity index (χ3v) is 4.16. The number of carbonyl (C=O) groups is 1. The second-order valence-electron chi connectivity index (χ2n) is 4.23. The molecule has 5 heteroatoms. The van der Waals surface area contributed by atoms with Crippen LogP contribution in [-0.4, -0.2) is 21.8 Å². The van der Waals surface area contributed by atoms with E-state index in [4.69, 9.17) is 0 Å². The first-order valence-electron chi connectivity index (χ1n) is 5.88. The van der Waals surface area contributed by atoms with Crippen molar-refractivity contribution < 1.29 is 9.90 Å². The van der Waals surface area contributed by atoms with E-state index in [-0.39, 0.29) is 17.0 Å². The number of rotatable bonds is 2. The fourth-order valence-corrected chi connectivity index (χ4v) is 3.27. The molecule has 96 valence electrons. The van der Waals surface area contributed by atoms with Crippen LogP contribution in [0.25, 0.3) is 0 Å². The van der Waals surface area contributed by atoms with Gasteiger partial charge in [-0.25, -0.2) is 0 Å². The van der Waals surface area contributed by atoms with Crippen LogP contribution in [0.2, 0.25) is 0 Å². The first kappa shape index (κ1) is 12.0. The molecule has 0 bridgehead atoms. The van der Waals surface area contributed by atoms with Gasteiger partial charge in [0.2, 0.25) is 5.91 Å². The summed E-state index contributed by atoms with van der Waals surface area (Å²) in [5, 5.41) is 9.48. The summed E-state index contributed by atoms with van der Waals surface area (Å²) < 4.78 is 0. The van der Waals surface area contributed by atoms with Gasteiger partial charge in [0.05, 0.1) is 5.75 Å². The monoisotopic (exact) mass is 272 g/mol. The van der Waals surface area contributed by atoms with Gasteiger partial charge in [0, 0.05) is 29.7 Å². The third-order valence-electron chi connectivity index (χ3n) is 2.95. The number of aromatic nitrogens is 1. The summed E-state index contributed by atoms with van der Waals surface area (Å²) in [5.41, 5.74) is 1.70. The number of nitrogens with zero attached hydrogens (tertiary/aromatic N) is 2. The molecule has 2 aromatic rings. The van der Waals surface area contributed by atoms with Crippen molar-refractivity contribution in [2.75, 3.05) is 10.7 Å². The lowest BCUT2D eigenvalue weighted by molar-refractivity contribution is -0.115. The SMILES string of the molecule is O=C1CSC(c2cccnc2)N1c1cccc(O)c1. The number of phenols is 1. The van der Waals surface area contributed by atoms with E-state index in [0.717, 1.165) is 5.56 Å². The van der Waals surface area contributed by atoms with Crippen molar-refractivity contribution in [3.05, 3.63) is 54.4 Å². The number of pyridine rings is 1. The van der Waals surface area contributed by atoms with Crippen molar-refractivity contribution in [3.63, 3.8) is 0 Å². The molecule has 0 aliphatic carbocycles. The zero-order chi connectivity index (χ0) is 13.2. The summed E-state index contributed by atoms with van der Waals surface area (Å²) in [5.74, 6) is 0.645. The van der Waals surface area contributed by atoms with Crippen molar-refractivity contribution in [2.45, 2.75) is 5.37 Å². The maximum atomic E-state index is 12.1. The molecule has 0 saturated carbocycles. The molecule has 1 fully saturated rings. The molecule has 1 saturated heterocycles. The van der Waals surface area contributed by atoms with Crippen LogP contribution in [0.5, 0.6) is 5.75 Å². The van der Waals surface area contributed by atoms with Gasteiger partial charge in [-0.15, -0.1) is 11.8 Å². The number of carbonyl (C=O) groups excluding carboxylic acids is 1. The summed E-state index contributed by atoms with van der Waals surface area (Å²) in [7, 11) is 0. The molecule has 1 aromatic heterocycles. The first-order chi connectivity index (χ1) is 9.25. The Morgan fingerprint density at radius 1 is 1.32 bits per heavy atom. The van der Waals surface area contributed by atoms with Gasteiger partial charge in [0.25, 0.3) is 0 Å². The molecular weight excluding hydrogens is 260 g/mol. The molecular formula is C14H12N2O2S. The minimum atomic E-state index is -0.0806. The Morgan fingerprint density at radius 3 is 2.95 bits per heavy atom. The maximum Gasteiger partial charge on any atom is 0.238 e. The van der Waals surface area contributed by atoms with Crippen LogP contribution in [-0.2, 0) is 4.79 Å². The van der Waals surface area contributed by atoms with Crippen LogP contribution in [0.15, 0.2) is 48.8 Å². The van der Waals surface area contributed by atoms with Crippen LogP contribution >= 0.6 is 11.8 Å². The minimum absolute atomic E-state index is 0.0458. The van der Waals surface area contributed by atoms with Gasteiger partial charge in [-0.05, 0) is 18.2 Å². The lowest BCUT2D eigenvalue weighted by Crippen LogP contribution is -2.27. The lowest BCUT2D eigenvalue weighted by atomic mass is 10.2. The van der Waals surface area contributed by atoms with Crippen LogP contribution in [0, 0.1) is 0 Å². The van der Waals surface area contributed by atoms with E-state index < -0.39 is 0 Å². The van der Waals surface area contributed by atoms with Crippen LogP contribution < -0.4 is 4.90 Å². The highest BCUT2D eigenvalue weighted by Gasteiger charge is 2.34. The highest BCUT2D eigenvalue weighted by molar-refractivity contribution is 8.00. The summed E-state index contributed by atoms with van der Waals surface area (Å²) in [4.78, 5) is 17.9. The Balaban J connectivity index is 2.00. The van der Waals surface area contributed by atoms with Crippen molar-refractivity contribution in [1.82, 2.24) is 4.98 Å². The second-order valence-corrected chi connectivity index (χ2v) is 5.30. The minimum Gasteiger partial charge on any atom is -0.508 e. The van der Waals surface area contributed by atoms with E-state index in [0.29, 0.717) is 11.4 Å². The topological polar surface area (TPSA) is 53.4 Å². The fourth-order valence-electron chi connectivity index (χ4n) is 2.11. The Bertz CT molecular complexity index is 603. The smallest absolute Gasteiger partial charge is 0.238 e. The molecule has 1 unspecified atom stereocenters. The quantitative estimate of drug-likeness (QED) is 0.913. The number of hydrogen-bond acceptors (Lipinski definition) is 4. The normalized spacial score (nSPS) is 18.8. The second kappa shape index (κ2) is 4.93. The summed E-state index contributed by atoms with van der Waals surface area (Å²) in [6.45, 7) is 0. The number of aromatic hydroxyl groups is 1. The van der Waals surface area contributed by atoms with E-state index in [9.17, 15) is 9.90 Å². The van der Waals surface area contributed by atoms with Gasteiger partial charge in [-0.3, -0.25) is 14.7 Å². The molecule has 2 heterocycles. The first-order valence-corrected chi connectivity index (χ1v) is 6.93. The Morgan fingerprint density at radius 2 is 2.21 bits per heavy atom. The van der Waals surface area contributed by atoms with Gasteiger partial charge in [0.1, 0.15) is 11.1 Å². The average molecular weight is 272 g/mol. The molecule has 0 spiro atoms. The summed E-state index contributed by atoms with van der Waals surface area (Å²) in [6.07, 6.45) is 3.48. The lowest BCUT2D eigenvalue weighted by Gasteiger charge is -2.24. The predicted molar refractivity (Wildman–Crippen MR) is 75.0 cm³/mol. The van der Waals surface area contributed by atoms with Crippen molar-refractivity contribution in [2.24, 2.45) is 0 Å². The van der Waals surface area contributed by atoms with Crippen LogP contribution in [0.4, 0.5) is 5.69 Å². The largest absolute Gasteiger partial charge is 0.508 e. The molecule has 1 N–H and O–H groups in total. The molecule has 1 amide bonds. The third kappa shape index (κ3) is 2.29. The van der Waals surface area contributed by atoms with E-state index >= 15 is 0 Å². The van der Waals surface area contributed by atoms with Gasteiger partial charge >= 0.3 is 0 Å². The summed E-state index contributed by atoms with van der Waals surface area (Å²) >= 11 is 1.57. The van der Waals surface area contributed by atoms with Crippen molar-refractivity contribution in [3.8, 4) is 5.75 Å². The van der Waals surface area contributed by atoms with Crippen LogP contribution in [0.3, 0.4) is 0 Å². The van der Waals surface area contributed by atoms with Gasteiger partial charge in [0.15, 0.2) is 0 Å². The molecule has 4 nitrogen and oxygen atoms in total. The van der Waals surface area contributed by atoms with Crippen molar-refractivity contribution in [1.29, 1.82) is 0 Å². The Kier molecular flexibility index (Phi) is 3.13. The van der Waals surface area contributed by atoms with E-state index in [2.05, 4.69) is 4.98 Å². The zero-order valence-electron chi connectivity index (χ0n) is 10.1. The number of benzene rings is 1. The number of anilines is 1. The Hall–Kier alpha value is -2.01. The van der Waals surface area contributed by atoms with Crippen LogP contribution in [0.1, 0.15) is 10.9 Å². The highest BCUT2D eigenvalue weighted by Crippen LogP contribution is 2.41.